The molecule has 0 radical (unpaired) electrons. The molecule has 1 aromatic carbocycles. The van der Waals surface area contributed by atoms with Gasteiger partial charge in [0.1, 0.15) is 12.4 Å². The number of rotatable bonds is 8. The van der Waals surface area contributed by atoms with E-state index >= 15 is 0 Å². The smallest absolute Gasteiger partial charge is 0.148 e. The molecular formula is C16H24N2O2. The van der Waals surface area contributed by atoms with Crippen LogP contribution in [0.3, 0.4) is 0 Å². The van der Waals surface area contributed by atoms with Gasteiger partial charge >= 0.3 is 0 Å². The summed E-state index contributed by atoms with van der Waals surface area (Å²) in [6, 6.07) is 7.76. The van der Waals surface area contributed by atoms with Crippen molar-refractivity contribution in [2.75, 3.05) is 33.8 Å². The van der Waals surface area contributed by atoms with Gasteiger partial charge in [-0.05, 0) is 38.7 Å². The zero-order valence-corrected chi connectivity index (χ0v) is 12.5. The van der Waals surface area contributed by atoms with Crippen LogP contribution in [-0.2, 0) is 6.54 Å². The third-order valence-corrected chi connectivity index (χ3v) is 2.74. The molecule has 0 aliphatic rings. The van der Waals surface area contributed by atoms with Crippen molar-refractivity contribution in [2.24, 2.45) is 0 Å². The summed E-state index contributed by atoms with van der Waals surface area (Å²) in [5.74, 6) is 3.20. The third-order valence-electron chi connectivity index (χ3n) is 2.74. The van der Waals surface area contributed by atoms with E-state index in [1.54, 1.807) is 0 Å². The van der Waals surface area contributed by atoms with Gasteiger partial charge in [-0.3, -0.25) is 0 Å². The Hall–Kier alpha value is -1.54. The van der Waals surface area contributed by atoms with Crippen LogP contribution in [0.5, 0.6) is 5.75 Å². The van der Waals surface area contributed by atoms with Gasteiger partial charge in [-0.25, -0.2) is 0 Å². The standard InChI is InChI=1S/C16H24N2O2/c1-5-10-20-15-8-6-14(7-9-15)11-17-12-16(2,19)13-18(3)4/h1,6-9,17,19H,10-13H2,2-4H3. The number of aliphatic hydroxyl groups is 1. The predicted molar refractivity (Wildman–Crippen MR) is 81.7 cm³/mol. The summed E-state index contributed by atoms with van der Waals surface area (Å²) < 4.78 is 5.31. The van der Waals surface area contributed by atoms with E-state index in [-0.39, 0.29) is 6.61 Å². The molecule has 110 valence electrons. The number of hydrogen-bond donors (Lipinski definition) is 2. The number of benzene rings is 1. The second-order valence-electron chi connectivity index (χ2n) is 5.48. The zero-order chi connectivity index (χ0) is 15.0. The van der Waals surface area contributed by atoms with E-state index < -0.39 is 5.60 Å². The van der Waals surface area contributed by atoms with Crippen molar-refractivity contribution in [3.05, 3.63) is 29.8 Å². The molecule has 1 unspecified atom stereocenters. The Bertz CT molecular complexity index is 433. The van der Waals surface area contributed by atoms with E-state index in [1.165, 1.54) is 0 Å². The average Bonchev–Trinajstić information content (AvgIpc) is 2.36. The average molecular weight is 276 g/mol. The van der Waals surface area contributed by atoms with Gasteiger partial charge in [-0.15, -0.1) is 6.42 Å². The van der Waals surface area contributed by atoms with Crippen LogP contribution in [0.1, 0.15) is 12.5 Å². The van der Waals surface area contributed by atoms with Crippen molar-refractivity contribution in [3.8, 4) is 18.1 Å². The minimum Gasteiger partial charge on any atom is -0.481 e. The molecule has 0 aliphatic heterocycles. The summed E-state index contributed by atoms with van der Waals surface area (Å²) in [7, 11) is 3.90. The van der Waals surface area contributed by atoms with Gasteiger partial charge in [-0.2, -0.15) is 0 Å². The van der Waals surface area contributed by atoms with E-state index in [9.17, 15) is 5.11 Å². The molecule has 2 N–H and O–H groups in total. The summed E-state index contributed by atoms with van der Waals surface area (Å²) in [5.41, 5.74) is 0.401. The van der Waals surface area contributed by atoms with Crippen LogP contribution in [0.15, 0.2) is 24.3 Å². The quantitative estimate of drug-likeness (QED) is 0.698. The van der Waals surface area contributed by atoms with Gasteiger partial charge in [0, 0.05) is 19.6 Å². The van der Waals surface area contributed by atoms with Crippen molar-refractivity contribution in [2.45, 2.75) is 19.1 Å². The van der Waals surface area contributed by atoms with Crippen molar-refractivity contribution in [1.82, 2.24) is 10.2 Å². The first-order valence-corrected chi connectivity index (χ1v) is 6.66. The summed E-state index contributed by atoms with van der Waals surface area (Å²) in [4.78, 5) is 1.97. The maximum atomic E-state index is 10.2. The Morgan fingerprint density at radius 1 is 1.35 bits per heavy atom. The molecule has 0 saturated heterocycles. The minimum atomic E-state index is -0.737. The van der Waals surface area contributed by atoms with Crippen molar-refractivity contribution >= 4 is 0 Å². The SMILES string of the molecule is C#CCOc1ccc(CNCC(C)(O)CN(C)C)cc1. The molecule has 0 bridgehead atoms. The number of terminal acetylenes is 1. The van der Waals surface area contributed by atoms with Crippen LogP contribution in [-0.4, -0.2) is 49.4 Å². The lowest BCUT2D eigenvalue weighted by Gasteiger charge is -2.27. The molecule has 1 aromatic rings. The first-order chi connectivity index (χ1) is 9.43. The van der Waals surface area contributed by atoms with Gasteiger partial charge in [0.05, 0.1) is 5.60 Å². The zero-order valence-electron chi connectivity index (χ0n) is 12.5. The first-order valence-electron chi connectivity index (χ1n) is 6.66. The first kappa shape index (κ1) is 16.5. The Morgan fingerprint density at radius 3 is 2.55 bits per heavy atom. The molecule has 0 heterocycles. The van der Waals surface area contributed by atoms with Gasteiger partial charge < -0.3 is 20.1 Å². The second kappa shape index (κ2) is 7.91. The molecule has 1 rings (SSSR count). The monoisotopic (exact) mass is 276 g/mol. The molecule has 1 atom stereocenters. The fraction of sp³-hybridized carbons (Fsp3) is 0.500. The molecule has 0 spiro atoms. The highest BCUT2D eigenvalue weighted by atomic mass is 16.5. The predicted octanol–water partition coefficient (Wildman–Crippen LogP) is 1.10. The van der Waals surface area contributed by atoms with E-state index in [4.69, 9.17) is 11.2 Å². The molecule has 0 aliphatic carbocycles. The molecule has 0 fully saturated rings. The molecular weight excluding hydrogens is 252 g/mol. The summed E-state index contributed by atoms with van der Waals surface area (Å²) >= 11 is 0. The van der Waals surface area contributed by atoms with Crippen LogP contribution in [0.4, 0.5) is 0 Å². The maximum Gasteiger partial charge on any atom is 0.148 e. The summed E-state index contributed by atoms with van der Waals surface area (Å²) in [6.45, 7) is 3.99. The highest BCUT2D eigenvalue weighted by Gasteiger charge is 2.20. The van der Waals surface area contributed by atoms with E-state index in [0.29, 0.717) is 19.6 Å². The highest BCUT2D eigenvalue weighted by Crippen LogP contribution is 2.12. The molecule has 0 amide bonds. The number of nitrogens with one attached hydrogen (secondary N) is 1. The fourth-order valence-corrected chi connectivity index (χ4v) is 2.04. The van der Waals surface area contributed by atoms with E-state index in [0.717, 1.165) is 11.3 Å². The maximum absolute atomic E-state index is 10.2. The van der Waals surface area contributed by atoms with E-state index in [1.807, 2.05) is 50.2 Å². The Morgan fingerprint density at radius 2 is 2.00 bits per heavy atom. The third kappa shape index (κ3) is 6.58. The molecule has 0 aromatic heterocycles. The summed E-state index contributed by atoms with van der Waals surface area (Å²) in [5, 5.41) is 13.4. The van der Waals surface area contributed by atoms with Gasteiger partial charge in [0.15, 0.2) is 0 Å². The number of likely N-dealkylation sites (N-methyl/N-ethyl adjacent to an activating group) is 1. The minimum absolute atomic E-state index is 0.283. The number of hydrogen-bond acceptors (Lipinski definition) is 4. The molecule has 20 heavy (non-hydrogen) atoms. The van der Waals surface area contributed by atoms with Gasteiger partial charge in [0.25, 0.3) is 0 Å². The second-order valence-corrected chi connectivity index (χ2v) is 5.48. The van der Waals surface area contributed by atoms with Crippen LogP contribution >= 0.6 is 0 Å². The highest BCUT2D eigenvalue weighted by molar-refractivity contribution is 5.27. The largest absolute Gasteiger partial charge is 0.481 e. The molecule has 0 saturated carbocycles. The summed E-state index contributed by atoms with van der Waals surface area (Å²) in [6.07, 6.45) is 5.13. The molecule has 4 nitrogen and oxygen atoms in total. The Balaban J connectivity index is 2.37. The lowest BCUT2D eigenvalue weighted by molar-refractivity contribution is 0.0336. The van der Waals surface area contributed by atoms with Crippen LogP contribution < -0.4 is 10.1 Å². The van der Waals surface area contributed by atoms with Crippen LogP contribution in [0.2, 0.25) is 0 Å². The van der Waals surface area contributed by atoms with Crippen molar-refractivity contribution in [3.63, 3.8) is 0 Å². The number of ether oxygens (including phenoxy) is 1. The van der Waals surface area contributed by atoms with Gasteiger partial charge in [0.2, 0.25) is 0 Å². The lowest BCUT2D eigenvalue weighted by atomic mass is 10.1. The fourth-order valence-electron chi connectivity index (χ4n) is 2.04. The van der Waals surface area contributed by atoms with Crippen molar-refractivity contribution < 1.29 is 9.84 Å². The van der Waals surface area contributed by atoms with Crippen LogP contribution in [0, 0.1) is 12.3 Å². The lowest BCUT2D eigenvalue weighted by Crippen LogP contribution is -2.45. The van der Waals surface area contributed by atoms with E-state index in [2.05, 4.69) is 11.2 Å². The Kier molecular flexibility index (Phi) is 6.53. The van der Waals surface area contributed by atoms with Crippen molar-refractivity contribution in [1.29, 1.82) is 0 Å². The van der Waals surface area contributed by atoms with Gasteiger partial charge in [-0.1, -0.05) is 18.1 Å². The topological polar surface area (TPSA) is 44.7 Å². The Labute approximate surface area is 121 Å². The number of nitrogens with zero attached hydrogens (tertiary/aromatic N) is 1. The van der Waals surface area contributed by atoms with Crippen LogP contribution in [0.25, 0.3) is 0 Å². The molecule has 4 heteroatoms. The normalized spacial score (nSPS) is 13.8.